The molecule has 0 spiro atoms. The van der Waals surface area contributed by atoms with Crippen molar-refractivity contribution in [2.24, 2.45) is 16.5 Å². The van der Waals surface area contributed by atoms with Crippen molar-refractivity contribution < 1.29 is 14.3 Å². The number of nitrogens with zero attached hydrogens (tertiary/aromatic N) is 2. The lowest BCUT2D eigenvalue weighted by Gasteiger charge is -2.17. The number of nitrogens with two attached hydrogens (primary N) is 2. The van der Waals surface area contributed by atoms with Crippen molar-refractivity contribution in [2.45, 2.75) is 24.2 Å². The van der Waals surface area contributed by atoms with E-state index in [0.717, 1.165) is 14.5 Å². The molecule has 0 bridgehead atoms. The largest absolute Gasteiger partial charge is 0.494 e. The molecular formula is C15H15Br2ClN4O3. The smallest absolute Gasteiger partial charge is 0.293 e. The number of guanidine groups is 1. The highest BCUT2D eigenvalue weighted by atomic mass is 79.9. The Labute approximate surface area is 166 Å². The van der Waals surface area contributed by atoms with Gasteiger partial charge in [-0.3, -0.25) is 9.69 Å². The van der Waals surface area contributed by atoms with E-state index < -0.39 is 17.8 Å². The molecule has 2 aliphatic rings. The lowest BCUT2D eigenvalue weighted by molar-refractivity contribution is -0.126. The molecule has 2 aliphatic heterocycles. The number of amides is 1. The Balaban J connectivity index is 1.92. The zero-order valence-electron chi connectivity index (χ0n) is 13.1. The van der Waals surface area contributed by atoms with Crippen LogP contribution in [0.1, 0.15) is 12.0 Å². The van der Waals surface area contributed by atoms with Crippen LogP contribution >= 0.6 is 43.5 Å². The minimum absolute atomic E-state index is 0.0947. The molecule has 2 saturated heterocycles. The van der Waals surface area contributed by atoms with Crippen LogP contribution in [0.2, 0.25) is 0 Å². The van der Waals surface area contributed by atoms with Crippen LogP contribution in [0.4, 0.5) is 0 Å². The van der Waals surface area contributed by atoms with Gasteiger partial charge in [0.15, 0.2) is 17.9 Å². The second kappa shape index (κ2) is 7.05. The molecule has 25 heavy (non-hydrogen) atoms. The van der Waals surface area contributed by atoms with Gasteiger partial charge in [-0.2, -0.15) is 0 Å². The predicted molar refractivity (Wildman–Crippen MR) is 102 cm³/mol. The number of methoxy groups -OCH3 is 1. The standard InChI is InChI=1S/C15H15Br2ClN4O3/c1-24-12-7(16)2-6(3-8(12)17)4-10-13(23)22-11(21-15(19)20)5-9(18)14(22)25-10/h2-4,9,11,14H,5H2,1H3,(H4,19,20,21)/b10-4-/t9-,11+,14-/m0/s1. The zero-order chi connectivity index (χ0) is 18.3. The molecule has 10 heteroatoms. The monoisotopic (exact) mass is 492 g/mol. The summed E-state index contributed by atoms with van der Waals surface area (Å²) in [6, 6.07) is 3.64. The van der Waals surface area contributed by atoms with Gasteiger partial charge in [0.2, 0.25) is 0 Å². The number of alkyl halides is 1. The normalized spacial score (nSPS) is 26.6. The Hall–Kier alpha value is -1.45. The van der Waals surface area contributed by atoms with Crippen molar-refractivity contribution in [2.75, 3.05) is 7.11 Å². The Bertz CT molecular complexity index is 759. The van der Waals surface area contributed by atoms with Gasteiger partial charge in [0.05, 0.1) is 21.4 Å². The Kier molecular flexibility index (Phi) is 5.17. The molecule has 1 aromatic carbocycles. The van der Waals surface area contributed by atoms with Crippen molar-refractivity contribution in [1.82, 2.24) is 4.90 Å². The number of rotatable bonds is 3. The summed E-state index contributed by atoms with van der Waals surface area (Å²) in [6.45, 7) is 0. The van der Waals surface area contributed by atoms with E-state index >= 15 is 0 Å². The average molecular weight is 495 g/mol. The number of ether oxygens (including phenoxy) is 2. The Morgan fingerprint density at radius 1 is 1.44 bits per heavy atom. The van der Waals surface area contributed by atoms with Gasteiger partial charge < -0.3 is 20.9 Å². The molecule has 0 aromatic heterocycles. The summed E-state index contributed by atoms with van der Waals surface area (Å²) in [6.07, 6.45) is 0.970. The maximum atomic E-state index is 12.7. The van der Waals surface area contributed by atoms with Gasteiger partial charge in [0.25, 0.3) is 5.91 Å². The van der Waals surface area contributed by atoms with E-state index in [9.17, 15) is 4.79 Å². The van der Waals surface area contributed by atoms with Crippen LogP contribution in [-0.2, 0) is 9.53 Å². The van der Waals surface area contributed by atoms with Gasteiger partial charge in [-0.15, -0.1) is 11.6 Å². The fourth-order valence-electron chi connectivity index (χ4n) is 2.86. The van der Waals surface area contributed by atoms with Crippen molar-refractivity contribution in [3.05, 3.63) is 32.4 Å². The lowest BCUT2D eigenvalue weighted by Crippen LogP contribution is -2.37. The second-order valence-corrected chi connectivity index (χ2v) is 7.80. The van der Waals surface area contributed by atoms with Crippen LogP contribution in [0, 0.1) is 0 Å². The van der Waals surface area contributed by atoms with Crippen LogP contribution in [0.5, 0.6) is 5.75 Å². The van der Waals surface area contributed by atoms with Crippen LogP contribution in [0.3, 0.4) is 0 Å². The number of fused-ring (bicyclic) bond motifs is 1. The molecule has 3 rings (SSSR count). The zero-order valence-corrected chi connectivity index (χ0v) is 17.0. The van der Waals surface area contributed by atoms with E-state index in [2.05, 4.69) is 36.9 Å². The summed E-state index contributed by atoms with van der Waals surface area (Å²) in [5.74, 6) is 0.458. The van der Waals surface area contributed by atoms with Crippen molar-refractivity contribution in [1.29, 1.82) is 0 Å². The van der Waals surface area contributed by atoms with Crippen LogP contribution in [0.15, 0.2) is 31.8 Å². The van der Waals surface area contributed by atoms with E-state index in [1.165, 1.54) is 4.90 Å². The molecule has 0 unspecified atom stereocenters. The van der Waals surface area contributed by atoms with Gasteiger partial charge in [-0.05, 0) is 55.6 Å². The molecule has 0 radical (unpaired) electrons. The summed E-state index contributed by atoms with van der Waals surface area (Å²) >= 11 is 13.1. The fourth-order valence-corrected chi connectivity index (χ4v) is 4.73. The van der Waals surface area contributed by atoms with Crippen LogP contribution in [0.25, 0.3) is 6.08 Å². The molecule has 1 aromatic rings. The summed E-state index contributed by atoms with van der Waals surface area (Å²) < 4.78 is 12.5. The van der Waals surface area contributed by atoms with Crippen LogP contribution < -0.4 is 16.2 Å². The van der Waals surface area contributed by atoms with E-state index in [4.69, 9.17) is 32.5 Å². The predicted octanol–water partition coefficient (Wildman–Crippen LogP) is 2.36. The Morgan fingerprint density at radius 3 is 2.64 bits per heavy atom. The quantitative estimate of drug-likeness (QED) is 0.291. The SMILES string of the molecule is COc1c(Br)cc(/C=C2\O[C@H]3[C@@H](Cl)C[C@H](N=C(N)N)N3C2=O)cc1Br. The number of aliphatic imine (C=N–C) groups is 1. The molecule has 0 aliphatic carbocycles. The molecular weight excluding hydrogens is 479 g/mol. The topological polar surface area (TPSA) is 103 Å². The number of benzene rings is 1. The van der Waals surface area contributed by atoms with Gasteiger partial charge in [-0.25, -0.2) is 4.99 Å². The minimum Gasteiger partial charge on any atom is -0.494 e. The molecule has 7 nitrogen and oxygen atoms in total. The maximum Gasteiger partial charge on any atom is 0.293 e. The van der Waals surface area contributed by atoms with Crippen molar-refractivity contribution in [3.8, 4) is 5.75 Å². The first-order valence-electron chi connectivity index (χ1n) is 7.28. The highest BCUT2D eigenvalue weighted by Gasteiger charge is 2.51. The summed E-state index contributed by atoms with van der Waals surface area (Å²) in [5, 5.41) is -0.391. The maximum absolute atomic E-state index is 12.7. The third kappa shape index (κ3) is 3.45. The summed E-state index contributed by atoms with van der Waals surface area (Å²) in [5.41, 5.74) is 11.6. The molecule has 0 saturated carbocycles. The molecule has 4 N–H and O–H groups in total. The molecule has 134 valence electrons. The van der Waals surface area contributed by atoms with Gasteiger partial charge in [0, 0.05) is 6.42 Å². The van der Waals surface area contributed by atoms with Gasteiger partial charge in [-0.1, -0.05) is 0 Å². The molecule has 2 fully saturated rings. The number of hydrogen-bond acceptors (Lipinski definition) is 4. The first kappa shape index (κ1) is 18.3. The highest BCUT2D eigenvalue weighted by molar-refractivity contribution is 9.11. The van der Waals surface area contributed by atoms with E-state index in [1.54, 1.807) is 13.2 Å². The number of carbonyl (C=O) groups excluding carboxylic acids is 1. The molecule has 1 amide bonds. The van der Waals surface area contributed by atoms with E-state index in [0.29, 0.717) is 12.2 Å². The van der Waals surface area contributed by atoms with Gasteiger partial charge >= 0.3 is 0 Å². The number of carbonyl (C=O) groups is 1. The third-order valence-corrected chi connectivity index (χ3v) is 5.43. The fraction of sp³-hybridized carbons (Fsp3) is 0.333. The minimum atomic E-state index is -0.585. The van der Waals surface area contributed by atoms with Crippen molar-refractivity contribution in [3.63, 3.8) is 0 Å². The molecule has 2 heterocycles. The lowest BCUT2D eigenvalue weighted by atomic mass is 10.2. The first-order chi connectivity index (χ1) is 11.8. The average Bonchev–Trinajstić information content (AvgIpc) is 2.98. The van der Waals surface area contributed by atoms with E-state index in [-0.39, 0.29) is 17.6 Å². The summed E-state index contributed by atoms with van der Waals surface area (Å²) in [7, 11) is 1.57. The molecule has 3 atom stereocenters. The van der Waals surface area contributed by atoms with Crippen molar-refractivity contribution >= 4 is 61.4 Å². The third-order valence-electron chi connectivity index (χ3n) is 3.85. The Morgan fingerprint density at radius 2 is 2.08 bits per heavy atom. The first-order valence-corrected chi connectivity index (χ1v) is 9.31. The van der Waals surface area contributed by atoms with Crippen LogP contribution in [-0.4, -0.2) is 41.6 Å². The van der Waals surface area contributed by atoms with E-state index in [1.807, 2.05) is 12.1 Å². The van der Waals surface area contributed by atoms with Gasteiger partial charge in [0.1, 0.15) is 11.9 Å². The number of hydrogen-bond donors (Lipinski definition) is 2. The highest BCUT2D eigenvalue weighted by Crippen LogP contribution is 2.39. The number of halogens is 3. The summed E-state index contributed by atoms with van der Waals surface area (Å²) in [4.78, 5) is 18.2. The second-order valence-electron chi connectivity index (χ2n) is 5.53.